The molecule has 19 heavy (non-hydrogen) atoms. The summed E-state index contributed by atoms with van der Waals surface area (Å²) in [7, 11) is 0. The molecule has 1 heterocycles. The predicted octanol–water partition coefficient (Wildman–Crippen LogP) is 2.39. The molecule has 1 aliphatic heterocycles. The number of nitrogens with zero attached hydrogens (tertiary/aromatic N) is 1. The fourth-order valence-electron chi connectivity index (χ4n) is 3.36. The normalized spacial score (nSPS) is 33.6. The summed E-state index contributed by atoms with van der Waals surface area (Å²) >= 11 is 0. The molecule has 0 aromatic heterocycles. The van der Waals surface area contributed by atoms with Crippen LogP contribution in [-0.2, 0) is 9.53 Å². The van der Waals surface area contributed by atoms with Crippen molar-refractivity contribution < 1.29 is 9.53 Å². The summed E-state index contributed by atoms with van der Waals surface area (Å²) in [6.07, 6.45) is 13.4. The summed E-state index contributed by atoms with van der Waals surface area (Å²) in [4.78, 5) is 14.4. The first-order valence-corrected chi connectivity index (χ1v) is 7.58. The first-order chi connectivity index (χ1) is 9.36. The second-order valence-electron chi connectivity index (χ2n) is 5.89. The van der Waals surface area contributed by atoms with Gasteiger partial charge in [0.25, 0.3) is 0 Å². The number of carbonyl (C=O) groups is 1. The monoisotopic (exact) mass is 261 g/mol. The van der Waals surface area contributed by atoms with Crippen molar-refractivity contribution in [3.05, 3.63) is 24.3 Å². The van der Waals surface area contributed by atoms with Crippen LogP contribution in [0.15, 0.2) is 24.3 Å². The first-order valence-electron chi connectivity index (χ1n) is 7.58. The Kier molecular flexibility index (Phi) is 4.02. The maximum absolute atomic E-state index is 12.0. The lowest BCUT2D eigenvalue weighted by molar-refractivity contribution is -0.146. The van der Waals surface area contributed by atoms with Crippen LogP contribution in [0.3, 0.4) is 0 Å². The zero-order valence-electron chi connectivity index (χ0n) is 11.5. The number of rotatable bonds is 4. The molecule has 0 aromatic carbocycles. The Morgan fingerprint density at radius 3 is 2.89 bits per heavy atom. The third-order valence-electron chi connectivity index (χ3n) is 4.59. The molecule has 3 atom stereocenters. The van der Waals surface area contributed by atoms with Gasteiger partial charge in [0, 0.05) is 6.54 Å². The summed E-state index contributed by atoms with van der Waals surface area (Å²) in [5, 5.41) is 0. The Balaban J connectivity index is 1.38. The van der Waals surface area contributed by atoms with E-state index in [2.05, 4.69) is 29.2 Å². The van der Waals surface area contributed by atoms with Crippen molar-refractivity contribution in [3.8, 4) is 0 Å². The Bertz CT molecular complexity index is 382. The maximum Gasteiger partial charge on any atom is 0.309 e. The van der Waals surface area contributed by atoms with E-state index < -0.39 is 0 Å². The molecule has 0 radical (unpaired) electrons. The van der Waals surface area contributed by atoms with Crippen molar-refractivity contribution in [2.75, 3.05) is 26.2 Å². The zero-order valence-corrected chi connectivity index (χ0v) is 11.5. The van der Waals surface area contributed by atoms with Gasteiger partial charge < -0.3 is 4.74 Å². The molecule has 0 bridgehead atoms. The molecular weight excluding hydrogens is 238 g/mol. The van der Waals surface area contributed by atoms with Gasteiger partial charge in [-0.05, 0) is 44.2 Å². The van der Waals surface area contributed by atoms with Gasteiger partial charge in [-0.2, -0.15) is 0 Å². The number of piperidine rings is 1. The largest absolute Gasteiger partial charge is 0.464 e. The third-order valence-corrected chi connectivity index (χ3v) is 4.59. The van der Waals surface area contributed by atoms with Crippen molar-refractivity contribution in [2.45, 2.75) is 25.7 Å². The second-order valence-corrected chi connectivity index (χ2v) is 5.89. The topological polar surface area (TPSA) is 29.5 Å². The molecule has 3 rings (SSSR count). The summed E-state index contributed by atoms with van der Waals surface area (Å²) < 4.78 is 5.46. The van der Waals surface area contributed by atoms with E-state index in [1.165, 1.54) is 32.4 Å². The summed E-state index contributed by atoms with van der Waals surface area (Å²) in [5.41, 5.74) is 0. The van der Waals surface area contributed by atoms with E-state index in [0.717, 1.165) is 13.0 Å². The molecule has 1 saturated carbocycles. The molecular formula is C16H23NO2. The first kappa shape index (κ1) is 12.9. The lowest BCUT2D eigenvalue weighted by Gasteiger charge is -2.25. The lowest BCUT2D eigenvalue weighted by atomic mass is 10.1. The highest BCUT2D eigenvalue weighted by Gasteiger charge is 2.53. The fraction of sp³-hybridized carbons (Fsp3) is 0.688. The van der Waals surface area contributed by atoms with Gasteiger partial charge in [-0.15, -0.1) is 0 Å². The molecule has 3 heteroatoms. The van der Waals surface area contributed by atoms with E-state index in [-0.39, 0.29) is 11.9 Å². The van der Waals surface area contributed by atoms with E-state index in [0.29, 0.717) is 18.4 Å². The third kappa shape index (κ3) is 3.08. The highest BCUT2D eigenvalue weighted by atomic mass is 16.5. The second kappa shape index (κ2) is 5.91. The fourth-order valence-corrected chi connectivity index (χ4v) is 3.36. The summed E-state index contributed by atoms with van der Waals surface area (Å²) in [6.45, 7) is 3.80. The minimum Gasteiger partial charge on any atom is -0.464 e. The van der Waals surface area contributed by atoms with E-state index >= 15 is 0 Å². The van der Waals surface area contributed by atoms with Crippen molar-refractivity contribution in [1.82, 2.24) is 4.90 Å². The molecule has 0 aromatic rings. The Hall–Kier alpha value is -1.09. The van der Waals surface area contributed by atoms with Gasteiger partial charge in [-0.25, -0.2) is 0 Å². The number of esters is 1. The maximum atomic E-state index is 12.0. The van der Waals surface area contributed by atoms with Gasteiger partial charge >= 0.3 is 5.97 Å². The standard InChI is InChI=1S/C16H23NO2/c18-16(15-13-7-3-1-4-8-14(13)15)19-12-11-17-9-5-2-6-10-17/h1,3-4,7,13-15H,2,5-6,8-12H2. The van der Waals surface area contributed by atoms with E-state index in [4.69, 9.17) is 4.74 Å². The minimum absolute atomic E-state index is 0.0203. The zero-order chi connectivity index (χ0) is 13.1. The summed E-state index contributed by atoms with van der Waals surface area (Å²) in [5.74, 6) is 1.07. The molecule has 0 N–H and O–H groups in total. The molecule has 3 unspecified atom stereocenters. The quantitative estimate of drug-likeness (QED) is 0.728. The van der Waals surface area contributed by atoms with Crippen LogP contribution < -0.4 is 0 Å². The number of hydrogen-bond acceptors (Lipinski definition) is 3. The average Bonchev–Trinajstić information content (AvgIpc) is 3.14. The van der Waals surface area contributed by atoms with Crippen LogP contribution in [-0.4, -0.2) is 37.1 Å². The van der Waals surface area contributed by atoms with Gasteiger partial charge in [-0.1, -0.05) is 30.7 Å². The molecule has 0 spiro atoms. The van der Waals surface area contributed by atoms with Gasteiger partial charge in [-0.3, -0.25) is 9.69 Å². The van der Waals surface area contributed by atoms with Crippen LogP contribution in [0.25, 0.3) is 0 Å². The molecule has 3 aliphatic rings. The number of fused-ring (bicyclic) bond motifs is 1. The number of ether oxygens (including phenoxy) is 1. The number of likely N-dealkylation sites (tertiary alicyclic amines) is 1. The summed E-state index contributed by atoms with van der Waals surface area (Å²) in [6, 6.07) is 0. The number of carbonyl (C=O) groups excluding carboxylic acids is 1. The van der Waals surface area contributed by atoms with Crippen LogP contribution in [0, 0.1) is 17.8 Å². The van der Waals surface area contributed by atoms with Gasteiger partial charge in [0.1, 0.15) is 6.61 Å². The highest BCUT2D eigenvalue weighted by Crippen LogP contribution is 2.51. The van der Waals surface area contributed by atoms with Crippen molar-refractivity contribution >= 4 is 5.97 Å². The molecule has 2 aliphatic carbocycles. The lowest BCUT2D eigenvalue weighted by Crippen LogP contribution is -2.33. The smallest absolute Gasteiger partial charge is 0.309 e. The van der Waals surface area contributed by atoms with E-state index in [1.807, 2.05) is 0 Å². The minimum atomic E-state index is 0.0203. The Morgan fingerprint density at radius 2 is 2.05 bits per heavy atom. The molecule has 2 fully saturated rings. The molecule has 1 saturated heterocycles. The Morgan fingerprint density at radius 1 is 1.21 bits per heavy atom. The number of allylic oxidation sites excluding steroid dienone is 4. The van der Waals surface area contributed by atoms with Crippen LogP contribution in [0.5, 0.6) is 0 Å². The van der Waals surface area contributed by atoms with Gasteiger partial charge in [0.2, 0.25) is 0 Å². The van der Waals surface area contributed by atoms with Gasteiger partial charge in [0.05, 0.1) is 5.92 Å². The van der Waals surface area contributed by atoms with Crippen molar-refractivity contribution in [3.63, 3.8) is 0 Å². The van der Waals surface area contributed by atoms with Crippen molar-refractivity contribution in [2.24, 2.45) is 17.8 Å². The van der Waals surface area contributed by atoms with Crippen LogP contribution in [0.1, 0.15) is 25.7 Å². The van der Waals surface area contributed by atoms with Crippen LogP contribution in [0.2, 0.25) is 0 Å². The SMILES string of the molecule is O=C(OCCN1CCCCC1)C1C2C=CC=CCC21. The molecule has 0 amide bonds. The van der Waals surface area contributed by atoms with Gasteiger partial charge in [0.15, 0.2) is 0 Å². The average molecular weight is 261 g/mol. The predicted molar refractivity (Wildman–Crippen MR) is 74.6 cm³/mol. The highest BCUT2D eigenvalue weighted by molar-refractivity contribution is 5.77. The van der Waals surface area contributed by atoms with E-state index in [9.17, 15) is 4.79 Å². The van der Waals surface area contributed by atoms with Crippen molar-refractivity contribution in [1.29, 1.82) is 0 Å². The molecule has 3 nitrogen and oxygen atoms in total. The van der Waals surface area contributed by atoms with Crippen LogP contribution >= 0.6 is 0 Å². The Labute approximate surface area is 115 Å². The van der Waals surface area contributed by atoms with Crippen LogP contribution in [0.4, 0.5) is 0 Å². The molecule has 104 valence electrons. The number of hydrogen-bond donors (Lipinski definition) is 0. The van der Waals surface area contributed by atoms with E-state index in [1.54, 1.807) is 0 Å².